The van der Waals surface area contributed by atoms with Gasteiger partial charge < -0.3 is 21.2 Å². The number of nitrogens with one attached hydrogen (secondary N) is 1. The second-order valence-corrected chi connectivity index (χ2v) is 6.67. The summed E-state index contributed by atoms with van der Waals surface area (Å²) in [6.45, 7) is 1.79. The molecule has 0 fully saturated rings. The Bertz CT molecular complexity index is 1050. The number of nitrogens with two attached hydrogens (primary N) is 2. The number of anilines is 1. The highest BCUT2D eigenvalue weighted by atomic mass is 19.1. The Hall–Kier alpha value is -3.52. The lowest BCUT2D eigenvalue weighted by Crippen LogP contribution is -2.36. The van der Waals surface area contributed by atoms with Crippen LogP contribution in [0.3, 0.4) is 0 Å². The number of oxazole rings is 1. The number of hydrogen-bond donors (Lipinski definition) is 3. The first kappa shape index (κ1) is 20.2. The van der Waals surface area contributed by atoms with Crippen LogP contribution >= 0.6 is 0 Å². The van der Waals surface area contributed by atoms with Crippen LogP contribution in [0.1, 0.15) is 18.4 Å². The lowest BCUT2D eigenvalue weighted by molar-refractivity contribution is -0.119. The quantitative estimate of drug-likeness (QED) is 0.566. The molecule has 2 aromatic carbocycles. The van der Waals surface area contributed by atoms with E-state index in [1.807, 2.05) is 0 Å². The fraction of sp³-hybridized carbons (Fsp3) is 0.190. The molecule has 0 saturated heterocycles. The van der Waals surface area contributed by atoms with E-state index >= 15 is 0 Å². The molecular weight excluding hydrogens is 375 g/mol. The zero-order valence-electron chi connectivity index (χ0n) is 15.8. The van der Waals surface area contributed by atoms with Crippen LogP contribution < -0.4 is 16.8 Å². The molecule has 29 heavy (non-hydrogen) atoms. The summed E-state index contributed by atoms with van der Waals surface area (Å²) in [5, 5.41) is 2.70. The number of halogens is 1. The zero-order valence-corrected chi connectivity index (χ0v) is 15.8. The SMILES string of the molecule is Cc1cc(F)ccc1-c1cnc(-c2cccc(NC(=O)C(N)CCC(N)=O)c2)o1. The number of hydrogen-bond acceptors (Lipinski definition) is 5. The summed E-state index contributed by atoms with van der Waals surface area (Å²) in [6.07, 6.45) is 1.78. The van der Waals surface area contributed by atoms with Gasteiger partial charge in [-0.25, -0.2) is 9.37 Å². The standard InChI is InChI=1S/C21H21FN4O3/c1-12-9-14(22)5-6-16(12)18-11-25-21(29-18)13-3-2-4-15(10-13)26-20(28)17(23)7-8-19(24)27/h2-6,9-11,17H,7-8,23H2,1H3,(H2,24,27)(H,26,28). The molecule has 1 atom stereocenters. The predicted molar refractivity (Wildman–Crippen MR) is 107 cm³/mol. The van der Waals surface area contributed by atoms with Gasteiger partial charge in [0.25, 0.3) is 0 Å². The molecule has 0 aliphatic carbocycles. The number of carbonyl (C=O) groups is 2. The Morgan fingerprint density at radius 3 is 2.76 bits per heavy atom. The number of carbonyl (C=O) groups excluding carboxylic acids is 2. The van der Waals surface area contributed by atoms with E-state index in [0.29, 0.717) is 22.9 Å². The minimum Gasteiger partial charge on any atom is -0.436 e. The molecule has 0 aliphatic heterocycles. The van der Waals surface area contributed by atoms with Gasteiger partial charge in [0.05, 0.1) is 12.2 Å². The van der Waals surface area contributed by atoms with Crippen molar-refractivity contribution < 1.29 is 18.4 Å². The number of nitrogens with zero attached hydrogens (tertiary/aromatic N) is 1. The van der Waals surface area contributed by atoms with Gasteiger partial charge >= 0.3 is 0 Å². The Balaban J connectivity index is 1.75. The number of amides is 2. The molecule has 0 saturated carbocycles. The maximum absolute atomic E-state index is 13.3. The first-order valence-electron chi connectivity index (χ1n) is 9.01. The van der Waals surface area contributed by atoms with Crippen LogP contribution in [0.25, 0.3) is 22.8 Å². The van der Waals surface area contributed by atoms with Gasteiger partial charge in [-0.2, -0.15) is 0 Å². The minimum absolute atomic E-state index is 0.0382. The molecule has 1 aromatic heterocycles. The highest BCUT2D eigenvalue weighted by molar-refractivity contribution is 5.95. The van der Waals surface area contributed by atoms with E-state index in [9.17, 15) is 14.0 Å². The van der Waals surface area contributed by atoms with Gasteiger partial charge in [-0.1, -0.05) is 6.07 Å². The van der Waals surface area contributed by atoms with Gasteiger partial charge in [-0.05, 0) is 55.3 Å². The second-order valence-electron chi connectivity index (χ2n) is 6.67. The number of aryl methyl sites for hydroxylation is 1. The highest BCUT2D eigenvalue weighted by Gasteiger charge is 2.16. The van der Waals surface area contributed by atoms with Crippen LogP contribution in [-0.2, 0) is 9.59 Å². The summed E-state index contributed by atoms with van der Waals surface area (Å²) in [5.41, 5.74) is 13.5. The van der Waals surface area contributed by atoms with Crippen molar-refractivity contribution in [3.8, 4) is 22.8 Å². The summed E-state index contributed by atoms with van der Waals surface area (Å²) >= 11 is 0. The average molecular weight is 396 g/mol. The molecule has 8 heteroatoms. The van der Waals surface area contributed by atoms with Crippen LogP contribution in [-0.4, -0.2) is 22.8 Å². The van der Waals surface area contributed by atoms with E-state index in [-0.39, 0.29) is 18.7 Å². The summed E-state index contributed by atoms with van der Waals surface area (Å²) in [4.78, 5) is 27.3. The minimum atomic E-state index is -0.846. The van der Waals surface area contributed by atoms with E-state index in [4.69, 9.17) is 15.9 Å². The van der Waals surface area contributed by atoms with Crippen molar-refractivity contribution in [2.45, 2.75) is 25.8 Å². The third kappa shape index (κ3) is 5.05. The predicted octanol–water partition coefficient (Wildman–Crippen LogP) is 2.99. The lowest BCUT2D eigenvalue weighted by atomic mass is 10.1. The van der Waals surface area contributed by atoms with E-state index in [2.05, 4.69) is 10.3 Å². The Morgan fingerprint density at radius 2 is 2.03 bits per heavy atom. The van der Waals surface area contributed by atoms with E-state index in [1.165, 1.54) is 12.1 Å². The van der Waals surface area contributed by atoms with Crippen LogP contribution in [0.15, 0.2) is 53.1 Å². The molecule has 2 amide bonds. The van der Waals surface area contributed by atoms with Gasteiger partial charge in [-0.3, -0.25) is 9.59 Å². The van der Waals surface area contributed by atoms with Crippen molar-refractivity contribution in [1.82, 2.24) is 4.98 Å². The molecule has 1 unspecified atom stereocenters. The maximum atomic E-state index is 13.3. The Labute approximate surface area is 166 Å². The number of primary amides is 1. The third-order valence-corrected chi connectivity index (χ3v) is 4.38. The summed E-state index contributed by atoms with van der Waals surface area (Å²) in [6, 6.07) is 10.5. The molecule has 0 spiro atoms. The molecule has 0 aliphatic rings. The molecular formula is C21H21FN4O3. The van der Waals surface area contributed by atoms with Gasteiger partial charge in [0.2, 0.25) is 17.7 Å². The lowest BCUT2D eigenvalue weighted by Gasteiger charge is -2.11. The number of benzene rings is 2. The van der Waals surface area contributed by atoms with Crippen LogP contribution in [0.2, 0.25) is 0 Å². The van der Waals surface area contributed by atoms with Gasteiger partial charge in [0.15, 0.2) is 5.76 Å². The monoisotopic (exact) mass is 396 g/mol. The molecule has 1 heterocycles. The van der Waals surface area contributed by atoms with E-state index in [0.717, 1.165) is 11.1 Å². The van der Waals surface area contributed by atoms with Crippen molar-refractivity contribution in [3.05, 3.63) is 60.0 Å². The normalized spacial score (nSPS) is 11.8. The molecule has 5 N–H and O–H groups in total. The van der Waals surface area contributed by atoms with Crippen molar-refractivity contribution in [3.63, 3.8) is 0 Å². The van der Waals surface area contributed by atoms with Crippen molar-refractivity contribution in [2.75, 3.05) is 5.32 Å². The van der Waals surface area contributed by atoms with Crippen LogP contribution in [0.4, 0.5) is 10.1 Å². The molecule has 3 rings (SSSR count). The summed E-state index contributed by atoms with van der Waals surface area (Å²) in [5.74, 6) is -0.369. The maximum Gasteiger partial charge on any atom is 0.241 e. The first-order chi connectivity index (χ1) is 13.8. The topological polar surface area (TPSA) is 124 Å². The van der Waals surface area contributed by atoms with Crippen LogP contribution in [0.5, 0.6) is 0 Å². The molecule has 3 aromatic rings. The molecule has 0 bridgehead atoms. The van der Waals surface area contributed by atoms with Crippen molar-refractivity contribution >= 4 is 17.5 Å². The third-order valence-electron chi connectivity index (χ3n) is 4.38. The van der Waals surface area contributed by atoms with E-state index in [1.54, 1.807) is 43.5 Å². The fourth-order valence-corrected chi connectivity index (χ4v) is 2.83. The fourth-order valence-electron chi connectivity index (χ4n) is 2.83. The van der Waals surface area contributed by atoms with Gasteiger partial charge in [0.1, 0.15) is 5.82 Å². The van der Waals surface area contributed by atoms with Crippen LogP contribution in [0, 0.1) is 12.7 Å². The zero-order chi connectivity index (χ0) is 21.0. The molecule has 0 radical (unpaired) electrons. The van der Waals surface area contributed by atoms with Crippen molar-refractivity contribution in [1.29, 1.82) is 0 Å². The number of rotatable bonds is 7. The smallest absolute Gasteiger partial charge is 0.241 e. The summed E-state index contributed by atoms with van der Waals surface area (Å²) < 4.78 is 19.1. The Morgan fingerprint density at radius 1 is 1.24 bits per heavy atom. The first-order valence-corrected chi connectivity index (χ1v) is 9.01. The highest BCUT2D eigenvalue weighted by Crippen LogP contribution is 2.29. The second kappa shape index (κ2) is 8.66. The number of aromatic nitrogens is 1. The van der Waals surface area contributed by atoms with E-state index < -0.39 is 17.9 Å². The van der Waals surface area contributed by atoms with Crippen molar-refractivity contribution in [2.24, 2.45) is 11.5 Å². The molecule has 7 nitrogen and oxygen atoms in total. The van der Waals surface area contributed by atoms with Gasteiger partial charge in [-0.15, -0.1) is 0 Å². The summed E-state index contributed by atoms with van der Waals surface area (Å²) in [7, 11) is 0. The van der Waals surface area contributed by atoms with Gasteiger partial charge in [0, 0.05) is 23.2 Å². The average Bonchev–Trinajstić information content (AvgIpc) is 3.16. The molecule has 150 valence electrons. The Kier molecular flexibility index (Phi) is 6.04. The largest absolute Gasteiger partial charge is 0.436 e.